The van der Waals surface area contributed by atoms with Crippen molar-refractivity contribution >= 4 is 29.3 Å². The summed E-state index contributed by atoms with van der Waals surface area (Å²) in [7, 11) is 0. The number of hydrogen-bond acceptors (Lipinski definition) is 7. The van der Waals surface area contributed by atoms with Crippen molar-refractivity contribution in [1.29, 1.82) is 0 Å². The number of anilines is 2. The van der Waals surface area contributed by atoms with E-state index in [2.05, 4.69) is 15.8 Å². The predicted octanol–water partition coefficient (Wildman–Crippen LogP) is 2.62. The van der Waals surface area contributed by atoms with Gasteiger partial charge in [-0.1, -0.05) is 5.16 Å². The smallest absolute Gasteiger partial charge is 0.338 e. The van der Waals surface area contributed by atoms with Crippen LogP contribution in [0.1, 0.15) is 26.7 Å². The Labute approximate surface area is 153 Å². The van der Waals surface area contributed by atoms with Crippen molar-refractivity contribution in [2.24, 2.45) is 0 Å². The highest BCUT2D eigenvalue weighted by atomic mass is 16.5. The number of nitrogens with zero attached hydrogens (tertiary/aromatic N) is 1. The van der Waals surface area contributed by atoms with E-state index in [0.717, 1.165) is 0 Å². The summed E-state index contributed by atoms with van der Waals surface area (Å²) in [5, 5.41) is 8.67. The Balaban J connectivity index is 1.49. The van der Waals surface area contributed by atoms with Gasteiger partial charge in [-0.2, -0.15) is 0 Å². The highest BCUT2D eigenvalue weighted by molar-refractivity contribution is 6.02. The number of rotatable bonds is 6. The molecule has 0 spiro atoms. The molecule has 9 nitrogen and oxygen atoms in total. The van der Waals surface area contributed by atoms with Crippen molar-refractivity contribution in [3.63, 3.8) is 0 Å². The first kappa shape index (κ1) is 17.9. The van der Waals surface area contributed by atoms with E-state index in [1.165, 1.54) is 42.7 Å². The molecular formula is C18H15N3O6. The highest BCUT2D eigenvalue weighted by Gasteiger charge is 2.13. The monoisotopic (exact) mass is 369 g/mol. The lowest BCUT2D eigenvalue weighted by atomic mass is 10.2. The molecule has 0 saturated carbocycles. The third-order valence-electron chi connectivity index (χ3n) is 3.35. The molecule has 3 aromatic rings. The molecule has 138 valence electrons. The summed E-state index contributed by atoms with van der Waals surface area (Å²) >= 11 is 0. The average Bonchev–Trinajstić information content (AvgIpc) is 3.32. The number of ether oxygens (including phenoxy) is 1. The van der Waals surface area contributed by atoms with Crippen molar-refractivity contribution in [2.75, 3.05) is 17.2 Å². The molecule has 9 heteroatoms. The van der Waals surface area contributed by atoms with Crippen molar-refractivity contribution in [3.8, 4) is 0 Å². The average molecular weight is 369 g/mol. The van der Waals surface area contributed by atoms with E-state index < -0.39 is 24.4 Å². The van der Waals surface area contributed by atoms with Gasteiger partial charge in [-0.25, -0.2) is 4.79 Å². The largest absolute Gasteiger partial charge is 0.459 e. The molecule has 1 aromatic carbocycles. The standard InChI is InChI=1S/C18H15N3O6/c1-11-9-15(21-27-11)20-16(22)10-26-18(24)12-4-6-13(7-5-12)19-17(23)14-3-2-8-25-14/h2-9H,10H2,1H3,(H,19,23)(H,20,21,22). The number of carbonyl (C=O) groups is 3. The van der Waals surface area contributed by atoms with E-state index in [1.807, 2.05) is 0 Å². The van der Waals surface area contributed by atoms with Gasteiger partial charge in [0.15, 0.2) is 18.2 Å². The maximum absolute atomic E-state index is 12.0. The van der Waals surface area contributed by atoms with Gasteiger partial charge in [0.25, 0.3) is 11.8 Å². The molecule has 2 amide bonds. The first-order chi connectivity index (χ1) is 13.0. The van der Waals surface area contributed by atoms with Crippen LogP contribution in [-0.2, 0) is 9.53 Å². The molecule has 0 fully saturated rings. The fourth-order valence-electron chi connectivity index (χ4n) is 2.11. The number of nitrogens with one attached hydrogen (secondary N) is 2. The van der Waals surface area contributed by atoms with Crippen molar-refractivity contribution < 1.29 is 28.1 Å². The SMILES string of the molecule is Cc1cc(NC(=O)COC(=O)c2ccc(NC(=O)c3ccco3)cc2)no1. The first-order valence-electron chi connectivity index (χ1n) is 7.86. The number of aromatic nitrogens is 1. The zero-order valence-electron chi connectivity index (χ0n) is 14.2. The lowest BCUT2D eigenvalue weighted by molar-refractivity contribution is -0.119. The highest BCUT2D eigenvalue weighted by Crippen LogP contribution is 2.13. The van der Waals surface area contributed by atoms with Crippen LogP contribution in [0.3, 0.4) is 0 Å². The van der Waals surface area contributed by atoms with E-state index in [9.17, 15) is 14.4 Å². The van der Waals surface area contributed by atoms with E-state index >= 15 is 0 Å². The second kappa shape index (κ2) is 8.00. The van der Waals surface area contributed by atoms with Crippen molar-refractivity contribution in [1.82, 2.24) is 5.16 Å². The third-order valence-corrected chi connectivity index (χ3v) is 3.35. The summed E-state index contributed by atoms with van der Waals surface area (Å²) in [4.78, 5) is 35.6. The Kier molecular flexibility index (Phi) is 5.31. The fraction of sp³-hybridized carbons (Fsp3) is 0.111. The predicted molar refractivity (Wildman–Crippen MR) is 93.3 cm³/mol. The molecular weight excluding hydrogens is 354 g/mol. The second-order valence-corrected chi connectivity index (χ2v) is 5.46. The van der Waals surface area contributed by atoms with Gasteiger partial charge in [0.05, 0.1) is 11.8 Å². The molecule has 0 saturated heterocycles. The van der Waals surface area contributed by atoms with Crippen LogP contribution >= 0.6 is 0 Å². The van der Waals surface area contributed by atoms with E-state index in [0.29, 0.717) is 11.4 Å². The van der Waals surface area contributed by atoms with Gasteiger partial charge in [-0.05, 0) is 43.3 Å². The van der Waals surface area contributed by atoms with Crippen molar-refractivity contribution in [3.05, 3.63) is 65.8 Å². The molecule has 2 N–H and O–H groups in total. The van der Waals surface area contributed by atoms with Gasteiger partial charge in [-0.15, -0.1) is 0 Å². The Morgan fingerprint density at radius 2 is 1.89 bits per heavy atom. The van der Waals surface area contributed by atoms with E-state index in [1.54, 1.807) is 13.0 Å². The molecule has 0 aliphatic rings. The summed E-state index contributed by atoms with van der Waals surface area (Å²) < 4.78 is 14.7. The number of aryl methyl sites for hydroxylation is 1. The Morgan fingerprint density at radius 1 is 1.11 bits per heavy atom. The fourth-order valence-corrected chi connectivity index (χ4v) is 2.11. The number of furan rings is 1. The summed E-state index contributed by atoms with van der Waals surface area (Å²) in [5.74, 6) is -0.669. The zero-order chi connectivity index (χ0) is 19.2. The topological polar surface area (TPSA) is 124 Å². The Hall–Kier alpha value is -3.88. The van der Waals surface area contributed by atoms with Gasteiger partial charge in [-0.3, -0.25) is 9.59 Å². The Bertz CT molecular complexity index is 944. The molecule has 0 atom stereocenters. The van der Waals surface area contributed by atoms with Crippen LogP contribution in [0.15, 0.2) is 57.7 Å². The number of carbonyl (C=O) groups excluding carboxylic acids is 3. The third kappa shape index (κ3) is 4.82. The van der Waals surface area contributed by atoms with Gasteiger partial charge in [0, 0.05) is 11.8 Å². The van der Waals surface area contributed by atoms with Crippen LogP contribution < -0.4 is 10.6 Å². The van der Waals surface area contributed by atoms with Crippen LogP contribution in [0, 0.1) is 6.92 Å². The van der Waals surface area contributed by atoms with Crippen LogP contribution in [0.4, 0.5) is 11.5 Å². The molecule has 2 aromatic heterocycles. The minimum Gasteiger partial charge on any atom is -0.459 e. The minimum absolute atomic E-state index is 0.173. The molecule has 2 heterocycles. The van der Waals surface area contributed by atoms with Gasteiger partial charge >= 0.3 is 5.97 Å². The van der Waals surface area contributed by atoms with Gasteiger partial charge < -0.3 is 24.3 Å². The number of benzene rings is 1. The normalized spacial score (nSPS) is 10.3. The maximum atomic E-state index is 12.0. The molecule has 0 aliphatic heterocycles. The molecule has 27 heavy (non-hydrogen) atoms. The molecule has 0 bridgehead atoms. The Morgan fingerprint density at radius 3 is 2.52 bits per heavy atom. The molecule has 0 unspecified atom stereocenters. The van der Waals surface area contributed by atoms with Crippen LogP contribution in [0.5, 0.6) is 0 Å². The summed E-state index contributed by atoms with van der Waals surface area (Å²) in [6.07, 6.45) is 1.40. The minimum atomic E-state index is -0.676. The zero-order valence-corrected chi connectivity index (χ0v) is 14.2. The lowest BCUT2D eigenvalue weighted by Gasteiger charge is -2.06. The maximum Gasteiger partial charge on any atom is 0.338 e. The summed E-state index contributed by atoms with van der Waals surface area (Å²) in [5.41, 5.74) is 0.711. The summed E-state index contributed by atoms with van der Waals surface area (Å²) in [6.45, 7) is 1.21. The van der Waals surface area contributed by atoms with E-state index in [4.69, 9.17) is 13.7 Å². The lowest BCUT2D eigenvalue weighted by Crippen LogP contribution is -2.21. The first-order valence-corrected chi connectivity index (χ1v) is 7.86. The van der Waals surface area contributed by atoms with E-state index in [-0.39, 0.29) is 17.1 Å². The molecule has 3 rings (SSSR count). The molecule has 0 radical (unpaired) electrons. The quantitative estimate of drug-likeness (QED) is 0.640. The number of amides is 2. The van der Waals surface area contributed by atoms with Gasteiger partial charge in [0.1, 0.15) is 5.76 Å². The van der Waals surface area contributed by atoms with Gasteiger partial charge in [0.2, 0.25) is 0 Å². The number of esters is 1. The van der Waals surface area contributed by atoms with Crippen LogP contribution in [-0.4, -0.2) is 29.5 Å². The second-order valence-electron chi connectivity index (χ2n) is 5.46. The molecule has 0 aliphatic carbocycles. The van der Waals surface area contributed by atoms with Crippen molar-refractivity contribution in [2.45, 2.75) is 6.92 Å². The van der Waals surface area contributed by atoms with Crippen LogP contribution in [0.2, 0.25) is 0 Å². The van der Waals surface area contributed by atoms with Crippen LogP contribution in [0.25, 0.3) is 0 Å². The summed E-state index contributed by atoms with van der Waals surface area (Å²) in [6, 6.07) is 10.7. The number of hydrogen-bond donors (Lipinski definition) is 2.